The number of carbonyl (C=O) groups excluding carboxylic acids is 1. The molecule has 0 radical (unpaired) electrons. The lowest BCUT2D eigenvalue weighted by molar-refractivity contribution is -0.147. The topological polar surface area (TPSA) is 101 Å². The van der Waals surface area contributed by atoms with Gasteiger partial charge in [0.1, 0.15) is 0 Å². The molecule has 6 nitrogen and oxygen atoms in total. The number of rotatable bonds is 6. The Morgan fingerprint density at radius 1 is 1.33 bits per heavy atom. The molecule has 0 aliphatic rings. The highest BCUT2D eigenvalue weighted by molar-refractivity contribution is 7.90. The first-order valence-electron chi connectivity index (χ1n) is 6.42. The number of amides is 1. The summed E-state index contributed by atoms with van der Waals surface area (Å²) in [6.07, 6.45) is 1.43. The van der Waals surface area contributed by atoms with E-state index in [0.717, 1.165) is 6.26 Å². The molecular weight excluding hydrogens is 294 g/mol. The number of carboxylic acids is 1. The summed E-state index contributed by atoms with van der Waals surface area (Å²) >= 11 is 0. The first kappa shape index (κ1) is 17.2. The number of hydrogen-bond donors (Lipinski definition) is 2. The lowest BCUT2D eigenvalue weighted by atomic mass is 9.87. The Hall–Kier alpha value is -1.89. The number of carboxylic acid groups (broad SMARTS) is 1. The molecule has 7 heteroatoms. The highest BCUT2D eigenvalue weighted by atomic mass is 32.2. The molecule has 0 saturated heterocycles. The van der Waals surface area contributed by atoms with Gasteiger partial charge in [-0.3, -0.25) is 9.59 Å². The molecule has 0 heterocycles. The van der Waals surface area contributed by atoms with E-state index in [4.69, 9.17) is 5.11 Å². The third kappa shape index (κ3) is 4.29. The van der Waals surface area contributed by atoms with Crippen molar-refractivity contribution in [2.75, 3.05) is 12.8 Å². The van der Waals surface area contributed by atoms with Gasteiger partial charge in [0, 0.05) is 18.4 Å². The average molecular weight is 313 g/mol. The fourth-order valence-electron chi connectivity index (χ4n) is 1.60. The summed E-state index contributed by atoms with van der Waals surface area (Å²) in [5.41, 5.74) is -0.869. The number of sulfone groups is 1. The highest BCUT2D eigenvalue weighted by Crippen LogP contribution is 2.20. The van der Waals surface area contributed by atoms with Crippen LogP contribution in [0.3, 0.4) is 0 Å². The summed E-state index contributed by atoms with van der Waals surface area (Å²) in [6.45, 7) is 3.24. The summed E-state index contributed by atoms with van der Waals surface area (Å²) in [6, 6.07) is 5.63. The lowest BCUT2D eigenvalue weighted by Crippen LogP contribution is -2.40. The van der Waals surface area contributed by atoms with Crippen molar-refractivity contribution < 1.29 is 23.1 Å². The van der Waals surface area contributed by atoms with E-state index in [-0.39, 0.29) is 17.0 Å². The summed E-state index contributed by atoms with van der Waals surface area (Å²) in [7, 11) is -3.39. The van der Waals surface area contributed by atoms with Gasteiger partial charge >= 0.3 is 5.97 Å². The smallest absolute Gasteiger partial charge is 0.311 e. The molecule has 116 valence electrons. The second kappa shape index (κ2) is 6.26. The number of benzene rings is 1. The largest absolute Gasteiger partial charge is 0.481 e. The minimum Gasteiger partial charge on any atom is -0.481 e. The zero-order valence-electron chi connectivity index (χ0n) is 12.2. The Kier molecular flexibility index (Phi) is 5.11. The Morgan fingerprint density at radius 2 is 1.95 bits per heavy atom. The monoisotopic (exact) mass is 313 g/mol. The van der Waals surface area contributed by atoms with E-state index in [1.54, 1.807) is 13.8 Å². The van der Waals surface area contributed by atoms with Crippen LogP contribution in [0.2, 0.25) is 0 Å². The molecule has 0 spiro atoms. The van der Waals surface area contributed by atoms with Crippen LogP contribution in [0.1, 0.15) is 30.6 Å². The van der Waals surface area contributed by atoms with Gasteiger partial charge in [-0.15, -0.1) is 0 Å². The van der Waals surface area contributed by atoms with E-state index >= 15 is 0 Å². The summed E-state index contributed by atoms with van der Waals surface area (Å²) in [5.74, 6) is -1.49. The lowest BCUT2D eigenvalue weighted by Gasteiger charge is -2.23. The van der Waals surface area contributed by atoms with E-state index < -0.39 is 27.1 Å². The van der Waals surface area contributed by atoms with E-state index in [0.29, 0.717) is 6.42 Å². The van der Waals surface area contributed by atoms with Crippen LogP contribution in [0.5, 0.6) is 0 Å². The van der Waals surface area contributed by atoms with Gasteiger partial charge in [-0.1, -0.05) is 13.0 Å². The van der Waals surface area contributed by atoms with Crippen molar-refractivity contribution in [1.82, 2.24) is 5.32 Å². The van der Waals surface area contributed by atoms with E-state index in [1.807, 2.05) is 0 Å². The molecule has 1 amide bonds. The van der Waals surface area contributed by atoms with E-state index in [9.17, 15) is 18.0 Å². The van der Waals surface area contributed by atoms with Crippen LogP contribution in [-0.2, 0) is 14.6 Å². The molecule has 0 saturated carbocycles. The predicted molar refractivity (Wildman–Crippen MR) is 77.9 cm³/mol. The van der Waals surface area contributed by atoms with E-state index in [2.05, 4.69) is 5.32 Å². The third-order valence-corrected chi connectivity index (χ3v) is 4.57. The number of carbonyl (C=O) groups is 2. The SMILES string of the molecule is CCC(C)(CNC(=O)c1cccc(S(C)(=O)=O)c1)C(=O)O. The average Bonchev–Trinajstić information content (AvgIpc) is 2.43. The van der Waals surface area contributed by atoms with Crippen molar-refractivity contribution in [2.24, 2.45) is 5.41 Å². The van der Waals surface area contributed by atoms with Gasteiger partial charge in [-0.25, -0.2) is 8.42 Å². The molecule has 0 bridgehead atoms. The second-order valence-electron chi connectivity index (χ2n) is 5.20. The van der Waals surface area contributed by atoms with Crippen LogP contribution in [0, 0.1) is 5.41 Å². The predicted octanol–water partition coefficient (Wildman–Crippen LogP) is 1.32. The molecule has 1 unspecified atom stereocenters. The fourth-order valence-corrected chi connectivity index (χ4v) is 2.26. The standard InChI is InChI=1S/C14H19NO5S/c1-4-14(2,13(17)18)9-15-12(16)10-6-5-7-11(8-10)21(3,19)20/h5-8H,4,9H2,1-3H3,(H,15,16)(H,17,18). The molecule has 21 heavy (non-hydrogen) atoms. The minimum atomic E-state index is -3.39. The number of nitrogens with one attached hydrogen (secondary N) is 1. The van der Waals surface area contributed by atoms with Crippen molar-refractivity contribution >= 4 is 21.7 Å². The van der Waals surface area contributed by atoms with Gasteiger partial charge in [0.2, 0.25) is 0 Å². The van der Waals surface area contributed by atoms with Crippen LogP contribution in [0.4, 0.5) is 0 Å². The molecule has 0 fully saturated rings. The third-order valence-electron chi connectivity index (χ3n) is 3.46. The molecular formula is C14H19NO5S. The zero-order valence-corrected chi connectivity index (χ0v) is 13.0. The van der Waals surface area contributed by atoms with Crippen molar-refractivity contribution in [3.05, 3.63) is 29.8 Å². The summed E-state index contributed by atoms with van der Waals surface area (Å²) < 4.78 is 22.9. The van der Waals surface area contributed by atoms with Crippen LogP contribution in [0.25, 0.3) is 0 Å². The zero-order chi connectivity index (χ0) is 16.3. The van der Waals surface area contributed by atoms with Crippen LogP contribution < -0.4 is 5.32 Å². The molecule has 1 atom stereocenters. The van der Waals surface area contributed by atoms with Crippen molar-refractivity contribution in [3.63, 3.8) is 0 Å². The Balaban J connectivity index is 2.89. The fraction of sp³-hybridized carbons (Fsp3) is 0.429. The second-order valence-corrected chi connectivity index (χ2v) is 7.22. The Bertz CT molecular complexity index is 653. The molecule has 0 aliphatic heterocycles. The first-order valence-corrected chi connectivity index (χ1v) is 8.31. The van der Waals surface area contributed by atoms with Gasteiger partial charge in [-0.05, 0) is 31.5 Å². The van der Waals surface area contributed by atoms with Crippen molar-refractivity contribution in [1.29, 1.82) is 0 Å². The van der Waals surface area contributed by atoms with Gasteiger partial charge in [0.15, 0.2) is 9.84 Å². The summed E-state index contributed by atoms with van der Waals surface area (Å²) in [4.78, 5) is 23.2. The molecule has 0 aliphatic carbocycles. The minimum absolute atomic E-state index is 0.0270. The summed E-state index contributed by atoms with van der Waals surface area (Å²) in [5, 5.41) is 11.7. The van der Waals surface area contributed by atoms with Gasteiger partial charge < -0.3 is 10.4 Å². The van der Waals surface area contributed by atoms with Crippen LogP contribution in [0.15, 0.2) is 29.2 Å². The van der Waals surface area contributed by atoms with Crippen molar-refractivity contribution in [2.45, 2.75) is 25.2 Å². The molecule has 2 N–H and O–H groups in total. The molecule has 1 aromatic carbocycles. The Labute approximate surface area is 124 Å². The normalized spacial score (nSPS) is 14.2. The van der Waals surface area contributed by atoms with E-state index in [1.165, 1.54) is 24.3 Å². The maximum Gasteiger partial charge on any atom is 0.311 e. The quantitative estimate of drug-likeness (QED) is 0.825. The molecule has 0 aromatic heterocycles. The van der Waals surface area contributed by atoms with Crippen LogP contribution >= 0.6 is 0 Å². The number of aliphatic carboxylic acids is 1. The maximum absolute atomic E-state index is 12.0. The highest BCUT2D eigenvalue weighted by Gasteiger charge is 2.31. The number of hydrogen-bond acceptors (Lipinski definition) is 4. The first-order chi connectivity index (χ1) is 9.60. The molecule has 1 rings (SSSR count). The van der Waals surface area contributed by atoms with Gasteiger partial charge in [-0.2, -0.15) is 0 Å². The maximum atomic E-state index is 12.0. The Morgan fingerprint density at radius 3 is 2.43 bits per heavy atom. The van der Waals surface area contributed by atoms with Crippen LogP contribution in [-0.4, -0.2) is 38.2 Å². The molecule has 1 aromatic rings. The van der Waals surface area contributed by atoms with Crippen molar-refractivity contribution in [3.8, 4) is 0 Å². The van der Waals surface area contributed by atoms with Gasteiger partial charge in [0.25, 0.3) is 5.91 Å². The van der Waals surface area contributed by atoms with Gasteiger partial charge in [0.05, 0.1) is 10.3 Å².